The van der Waals surface area contributed by atoms with Gasteiger partial charge >= 0.3 is 11.9 Å². The molecular formula is C50H72N2O9SSi2. The number of hydrogen-bond acceptors (Lipinski definition) is 11. The van der Waals surface area contributed by atoms with Crippen LogP contribution in [0.4, 0.5) is 0 Å². The van der Waals surface area contributed by atoms with E-state index in [0.29, 0.717) is 47.4 Å². The van der Waals surface area contributed by atoms with Crippen LogP contribution in [-0.2, 0) is 35.2 Å². The summed E-state index contributed by atoms with van der Waals surface area (Å²) >= 11 is 1.64. The van der Waals surface area contributed by atoms with Gasteiger partial charge in [-0.25, -0.2) is 14.6 Å². The maximum atomic E-state index is 14.5. The second kappa shape index (κ2) is 21.7. The highest BCUT2D eigenvalue weighted by atomic mass is 32.2. The summed E-state index contributed by atoms with van der Waals surface area (Å²) in [6.07, 6.45) is 4.72. The SMILES string of the molecule is COCOc1cc2c(ncn2C)c(C(CC[C@@H]2OC(C)(C)O[C@@H]2C(C=C[C@@H](C)[C@H](C)O[Si](C)(C)C(C)(C)C)OC(=O)c2ccccc2)Sc2ccccc2)c1C(=O)OCC[Si](C)(C)C. The highest BCUT2D eigenvalue weighted by molar-refractivity contribution is 7.99. The third kappa shape index (κ3) is 13.6. The van der Waals surface area contributed by atoms with Crippen molar-refractivity contribution < 1.29 is 42.4 Å². The number of carbonyl (C=O) groups excluding carboxylic acids is 2. The summed E-state index contributed by atoms with van der Waals surface area (Å²) in [5, 5.41) is -0.286. The molecule has 0 amide bonds. The number of ether oxygens (including phenoxy) is 6. The Morgan fingerprint density at radius 3 is 2.23 bits per heavy atom. The molecule has 1 saturated heterocycles. The summed E-state index contributed by atoms with van der Waals surface area (Å²) in [6.45, 7) is 26.2. The molecule has 6 atom stereocenters. The molecule has 64 heavy (non-hydrogen) atoms. The number of imidazole rings is 1. The molecule has 1 aromatic heterocycles. The van der Waals surface area contributed by atoms with Crippen LogP contribution in [0.1, 0.15) is 92.8 Å². The van der Waals surface area contributed by atoms with Crippen molar-refractivity contribution in [2.24, 2.45) is 13.0 Å². The lowest BCUT2D eigenvalue weighted by atomic mass is 9.95. The maximum Gasteiger partial charge on any atom is 0.342 e. The van der Waals surface area contributed by atoms with Gasteiger partial charge in [0.1, 0.15) is 23.5 Å². The zero-order valence-electron chi connectivity index (χ0n) is 40.6. The maximum absolute atomic E-state index is 14.5. The number of thioether (sulfide) groups is 1. The number of fused-ring (bicyclic) bond motifs is 1. The highest BCUT2D eigenvalue weighted by Gasteiger charge is 2.47. The number of rotatable bonds is 21. The fraction of sp³-hybridized carbons (Fsp3) is 0.540. The van der Waals surface area contributed by atoms with Crippen molar-refractivity contribution in [3.63, 3.8) is 0 Å². The summed E-state index contributed by atoms with van der Waals surface area (Å²) in [7, 11) is -0.104. The first kappa shape index (κ1) is 51.2. The third-order valence-electron chi connectivity index (χ3n) is 12.1. The summed E-state index contributed by atoms with van der Waals surface area (Å²) in [4.78, 5) is 34.2. The van der Waals surface area contributed by atoms with Crippen molar-refractivity contribution in [3.05, 3.63) is 102 Å². The van der Waals surface area contributed by atoms with E-state index >= 15 is 0 Å². The van der Waals surface area contributed by atoms with Gasteiger partial charge in [0.2, 0.25) is 0 Å². The number of aryl methyl sites for hydroxylation is 1. The molecule has 1 aliphatic rings. The van der Waals surface area contributed by atoms with Crippen LogP contribution in [0.5, 0.6) is 5.75 Å². The molecule has 4 aromatic rings. The normalized spacial score (nSPS) is 18.8. The Morgan fingerprint density at radius 1 is 0.953 bits per heavy atom. The van der Waals surface area contributed by atoms with Gasteiger partial charge in [-0.15, -0.1) is 11.8 Å². The molecule has 3 aromatic carbocycles. The number of methoxy groups -OCH3 is 1. The van der Waals surface area contributed by atoms with Crippen molar-refractivity contribution in [2.45, 2.75) is 145 Å². The van der Waals surface area contributed by atoms with Crippen molar-refractivity contribution in [1.29, 1.82) is 0 Å². The van der Waals surface area contributed by atoms with Crippen LogP contribution >= 0.6 is 11.8 Å². The number of esters is 2. The fourth-order valence-electron chi connectivity index (χ4n) is 7.33. The zero-order chi connectivity index (χ0) is 47.0. The second-order valence-corrected chi connectivity index (χ2v) is 31.7. The number of aromatic nitrogens is 2. The molecule has 0 radical (unpaired) electrons. The largest absolute Gasteiger partial charge is 0.467 e. The van der Waals surface area contributed by atoms with Crippen LogP contribution < -0.4 is 4.74 Å². The average Bonchev–Trinajstić information content (AvgIpc) is 3.75. The first-order chi connectivity index (χ1) is 30.0. The summed E-state index contributed by atoms with van der Waals surface area (Å²) in [5.74, 6) is -1.54. The van der Waals surface area contributed by atoms with E-state index in [0.717, 1.165) is 16.5 Å². The minimum absolute atomic E-state index is 0.00444. The predicted molar refractivity (Wildman–Crippen MR) is 261 cm³/mol. The Kier molecular flexibility index (Phi) is 17.4. The van der Waals surface area contributed by atoms with Gasteiger partial charge in [-0.05, 0) is 94.0 Å². The standard InChI is InChI=1S/C50H72N2O9SSi2/c1-34(35(2)61-64(13,14)49(3,4)5)25-26-39(58-47(53)36-21-17-15-18-22-36)46-40(59-50(6,7)60-46)27-28-42(62-37-23-19-16-20-24-37)44-43(48(54)56-29-30-63(10,11)12)41(57-33-55-9)31-38-45(44)51-32-52(38)8/h15-26,31-32,34-35,39-40,42,46H,27-30,33H2,1-14H3/t34-,35+,39?,40+,42?,46-/m1/s1. The molecular weight excluding hydrogens is 861 g/mol. The third-order valence-corrected chi connectivity index (χ3v) is 19.7. The van der Waals surface area contributed by atoms with E-state index in [1.807, 2.05) is 74.0 Å². The molecule has 0 saturated carbocycles. The lowest BCUT2D eigenvalue weighted by Gasteiger charge is -2.39. The fourth-order valence-corrected chi connectivity index (χ4v) is 10.8. The van der Waals surface area contributed by atoms with Gasteiger partial charge < -0.3 is 37.4 Å². The van der Waals surface area contributed by atoms with Gasteiger partial charge in [-0.2, -0.15) is 0 Å². The molecule has 1 aliphatic heterocycles. The van der Waals surface area contributed by atoms with E-state index in [2.05, 4.69) is 85.6 Å². The topological polar surface area (TPSA) is 117 Å². The zero-order valence-corrected chi connectivity index (χ0v) is 43.4. The minimum atomic E-state index is -2.06. The summed E-state index contributed by atoms with van der Waals surface area (Å²) in [6, 6.07) is 21.8. The molecule has 0 aliphatic carbocycles. The van der Waals surface area contributed by atoms with Gasteiger partial charge in [0.25, 0.3) is 0 Å². The van der Waals surface area contributed by atoms with Crippen molar-refractivity contribution in [2.75, 3.05) is 20.5 Å². The van der Waals surface area contributed by atoms with E-state index in [1.165, 1.54) is 0 Å². The van der Waals surface area contributed by atoms with E-state index < -0.39 is 52.4 Å². The number of hydrogen-bond donors (Lipinski definition) is 0. The van der Waals surface area contributed by atoms with Gasteiger partial charge in [-0.1, -0.05) is 89.8 Å². The first-order valence-electron chi connectivity index (χ1n) is 22.5. The van der Waals surface area contributed by atoms with Gasteiger partial charge in [0.05, 0.1) is 35.6 Å². The van der Waals surface area contributed by atoms with Crippen LogP contribution in [0.25, 0.3) is 11.0 Å². The molecule has 2 heterocycles. The molecule has 1 fully saturated rings. The van der Waals surface area contributed by atoms with Gasteiger partial charge in [0.15, 0.2) is 20.9 Å². The quantitative estimate of drug-likeness (QED) is 0.0261. The van der Waals surface area contributed by atoms with Crippen LogP contribution in [0.15, 0.2) is 90.1 Å². The molecule has 5 rings (SSSR count). The number of carbonyl (C=O) groups is 2. The molecule has 0 spiro atoms. The van der Waals surface area contributed by atoms with E-state index in [4.69, 9.17) is 37.8 Å². The van der Waals surface area contributed by atoms with Crippen molar-refractivity contribution in [3.8, 4) is 5.75 Å². The monoisotopic (exact) mass is 932 g/mol. The average molecular weight is 933 g/mol. The van der Waals surface area contributed by atoms with E-state index in [9.17, 15) is 9.59 Å². The lowest BCUT2D eigenvalue weighted by Crippen LogP contribution is -2.44. The minimum Gasteiger partial charge on any atom is -0.467 e. The molecule has 0 N–H and O–H groups in total. The Morgan fingerprint density at radius 2 is 1.61 bits per heavy atom. The summed E-state index contributed by atoms with van der Waals surface area (Å²) < 4.78 is 46.1. The van der Waals surface area contributed by atoms with Crippen LogP contribution in [0.2, 0.25) is 43.8 Å². The van der Waals surface area contributed by atoms with Crippen LogP contribution in [0, 0.1) is 5.92 Å². The number of nitrogens with zero attached hydrogens (tertiary/aromatic N) is 2. The first-order valence-corrected chi connectivity index (χ1v) is 30.0. The Hall–Kier alpha value is -3.77. The number of benzene rings is 3. The molecule has 0 bridgehead atoms. The van der Waals surface area contributed by atoms with E-state index in [-0.39, 0.29) is 29.1 Å². The Labute approximate surface area is 388 Å². The molecule has 2 unspecified atom stereocenters. The molecule has 11 nitrogen and oxygen atoms in total. The van der Waals surface area contributed by atoms with Gasteiger partial charge in [0, 0.05) is 50.1 Å². The predicted octanol–water partition coefficient (Wildman–Crippen LogP) is 12.0. The summed E-state index contributed by atoms with van der Waals surface area (Å²) in [5.41, 5.74) is 2.96. The van der Waals surface area contributed by atoms with Crippen LogP contribution in [-0.4, -0.2) is 88.6 Å². The second-order valence-electron chi connectivity index (χ2n) is 20.1. The lowest BCUT2D eigenvalue weighted by molar-refractivity contribution is -0.153. The van der Waals surface area contributed by atoms with Crippen molar-refractivity contribution >= 4 is 51.1 Å². The van der Waals surface area contributed by atoms with Crippen molar-refractivity contribution in [1.82, 2.24) is 9.55 Å². The Balaban J connectivity index is 1.56. The molecule has 350 valence electrons. The highest BCUT2D eigenvalue weighted by Crippen LogP contribution is 2.47. The Bertz CT molecular complexity index is 2180. The molecule has 14 heteroatoms. The van der Waals surface area contributed by atoms with Gasteiger partial charge in [-0.3, -0.25) is 0 Å². The van der Waals surface area contributed by atoms with Crippen LogP contribution in [0.3, 0.4) is 0 Å². The smallest absolute Gasteiger partial charge is 0.342 e. The van der Waals surface area contributed by atoms with E-state index in [1.54, 1.807) is 37.3 Å².